The molecule has 3 N–H and O–H groups in total. The predicted octanol–water partition coefficient (Wildman–Crippen LogP) is 1.48. The van der Waals surface area contributed by atoms with Crippen LogP contribution >= 0.6 is 12.4 Å². The third kappa shape index (κ3) is 3.02. The van der Waals surface area contributed by atoms with Gasteiger partial charge in [0.1, 0.15) is 0 Å². The second-order valence-electron chi connectivity index (χ2n) is 4.75. The molecule has 2 rings (SSSR count). The van der Waals surface area contributed by atoms with Crippen LogP contribution in [-0.2, 0) is 11.8 Å². The lowest BCUT2D eigenvalue weighted by Gasteiger charge is -2.15. The Hall–Kier alpha value is -1.79. The lowest BCUT2D eigenvalue weighted by atomic mass is 10.0. The van der Waals surface area contributed by atoms with Crippen molar-refractivity contribution in [3.63, 3.8) is 0 Å². The fourth-order valence-corrected chi connectivity index (χ4v) is 1.70. The smallest absolute Gasteiger partial charge is 0.408 e. The van der Waals surface area contributed by atoms with Crippen LogP contribution in [-0.4, -0.2) is 16.5 Å². The average molecular weight is 300 g/mol. The SMILES string of the molecule is CC(N)C(C)C(=O)Nc1ccc2oc(=O)n(C)c2c1.Cl. The molecule has 0 saturated heterocycles. The first-order valence-corrected chi connectivity index (χ1v) is 6.06. The Balaban J connectivity index is 0.00000200. The summed E-state index contributed by atoms with van der Waals surface area (Å²) in [4.78, 5) is 23.3. The molecule has 0 radical (unpaired) electrons. The number of rotatable bonds is 3. The molecule has 6 nitrogen and oxygen atoms in total. The summed E-state index contributed by atoms with van der Waals surface area (Å²) in [6.07, 6.45) is 0. The standard InChI is InChI=1S/C13H17N3O3.ClH/c1-7(8(2)14)12(17)15-9-4-5-11-10(6-9)16(3)13(18)19-11;/h4-8H,14H2,1-3H3,(H,15,17);1H. The van der Waals surface area contributed by atoms with Gasteiger partial charge in [0.05, 0.1) is 11.4 Å². The Morgan fingerprint density at radius 2 is 2.05 bits per heavy atom. The summed E-state index contributed by atoms with van der Waals surface area (Å²) < 4.78 is 6.41. The first kappa shape index (κ1) is 16.3. The highest BCUT2D eigenvalue weighted by Crippen LogP contribution is 2.18. The summed E-state index contributed by atoms with van der Waals surface area (Å²) in [7, 11) is 1.62. The molecule has 0 saturated carbocycles. The number of benzene rings is 1. The van der Waals surface area contributed by atoms with Crippen LogP contribution < -0.4 is 16.8 Å². The number of amides is 1. The topological polar surface area (TPSA) is 90.3 Å². The van der Waals surface area contributed by atoms with Crippen LogP contribution in [0.4, 0.5) is 5.69 Å². The molecule has 0 aliphatic rings. The largest absolute Gasteiger partial charge is 0.419 e. The van der Waals surface area contributed by atoms with E-state index in [0.29, 0.717) is 16.8 Å². The van der Waals surface area contributed by atoms with Gasteiger partial charge in [0.25, 0.3) is 0 Å². The molecular formula is C13H18ClN3O3. The maximum absolute atomic E-state index is 11.9. The van der Waals surface area contributed by atoms with Crippen LogP contribution in [0.1, 0.15) is 13.8 Å². The monoisotopic (exact) mass is 299 g/mol. The van der Waals surface area contributed by atoms with E-state index >= 15 is 0 Å². The van der Waals surface area contributed by atoms with E-state index in [1.807, 2.05) is 0 Å². The van der Waals surface area contributed by atoms with Crippen molar-refractivity contribution in [2.75, 3.05) is 5.32 Å². The maximum Gasteiger partial charge on any atom is 0.419 e. The zero-order valence-electron chi connectivity index (χ0n) is 11.5. The Bertz CT molecular complexity index is 675. The highest BCUT2D eigenvalue weighted by atomic mass is 35.5. The molecule has 0 bridgehead atoms. The molecule has 0 fully saturated rings. The molecule has 7 heteroatoms. The Labute approximate surface area is 122 Å². The zero-order chi connectivity index (χ0) is 14.2. The van der Waals surface area contributed by atoms with Gasteiger partial charge >= 0.3 is 5.76 Å². The summed E-state index contributed by atoms with van der Waals surface area (Å²) in [6, 6.07) is 4.83. The second-order valence-corrected chi connectivity index (χ2v) is 4.75. The molecule has 1 heterocycles. The van der Waals surface area contributed by atoms with E-state index in [9.17, 15) is 9.59 Å². The summed E-state index contributed by atoms with van der Waals surface area (Å²) in [5, 5.41) is 2.78. The van der Waals surface area contributed by atoms with E-state index in [4.69, 9.17) is 10.2 Å². The van der Waals surface area contributed by atoms with Crippen molar-refractivity contribution in [1.29, 1.82) is 0 Å². The van der Waals surface area contributed by atoms with Crippen molar-refractivity contribution in [2.45, 2.75) is 19.9 Å². The molecule has 1 amide bonds. The van der Waals surface area contributed by atoms with E-state index in [1.165, 1.54) is 4.57 Å². The third-order valence-electron chi connectivity index (χ3n) is 3.26. The maximum atomic E-state index is 11.9. The van der Waals surface area contributed by atoms with Gasteiger partial charge in [0, 0.05) is 18.8 Å². The average Bonchev–Trinajstić information content (AvgIpc) is 2.64. The first-order chi connectivity index (χ1) is 8.90. The Morgan fingerprint density at radius 3 is 2.65 bits per heavy atom. The normalized spacial score (nSPS) is 13.6. The summed E-state index contributed by atoms with van der Waals surface area (Å²) in [5.41, 5.74) is 7.43. The molecule has 1 aromatic carbocycles. The van der Waals surface area contributed by atoms with E-state index < -0.39 is 5.76 Å². The summed E-state index contributed by atoms with van der Waals surface area (Å²) in [5.74, 6) is -0.867. The number of aryl methyl sites for hydroxylation is 1. The van der Waals surface area contributed by atoms with Gasteiger partial charge in [-0.1, -0.05) is 6.92 Å². The van der Waals surface area contributed by atoms with Crippen molar-refractivity contribution in [2.24, 2.45) is 18.7 Å². The van der Waals surface area contributed by atoms with E-state index in [2.05, 4.69) is 5.32 Å². The number of aromatic nitrogens is 1. The number of nitrogens with zero attached hydrogens (tertiary/aromatic N) is 1. The molecule has 20 heavy (non-hydrogen) atoms. The molecule has 0 aliphatic carbocycles. The number of fused-ring (bicyclic) bond motifs is 1. The van der Waals surface area contributed by atoms with Crippen LogP contribution in [0.2, 0.25) is 0 Å². The molecule has 2 unspecified atom stereocenters. The van der Waals surface area contributed by atoms with E-state index in [0.717, 1.165) is 0 Å². The fraction of sp³-hybridized carbons (Fsp3) is 0.385. The molecule has 110 valence electrons. The summed E-state index contributed by atoms with van der Waals surface area (Å²) in [6.45, 7) is 3.55. The number of nitrogens with one attached hydrogen (secondary N) is 1. The van der Waals surface area contributed by atoms with E-state index in [-0.39, 0.29) is 30.3 Å². The molecule has 0 aliphatic heterocycles. The Morgan fingerprint density at radius 1 is 1.40 bits per heavy atom. The number of hydrogen-bond acceptors (Lipinski definition) is 4. The zero-order valence-corrected chi connectivity index (χ0v) is 12.4. The van der Waals surface area contributed by atoms with Crippen molar-refractivity contribution in [3.8, 4) is 0 Å². The number of oxazole rings is 1. The number of halogens is 1. The first-order valence-electron chi connectivity index (χ1n) is 6.06. The minimum atomic E-state index is -0.428. The minimum absolute atomic E-state index is 0. The molecule has 0 spiro atoms. The lowest BCUT2D eigenvalue weighted by molar-refractivity contribution is -0.119. The minimum Gasteiger partial charge on any atom is -0.408 e. The predicted molar refractivity (Wildman–Crippen MR) is 80.1 cm³/mol. The third-order valence-corrected chi connectivity index (χ3v) is 3.26. The quantitative estimate of drug-likeness (QED) is 0.898. The highest BCUT2D eigenvalue weighted by Gasteiger charge is 2.17. The Kier molecular flexibility index (Phi) is 4.97. The number of carbonyl (C=O) groups is 1. The number of carbonyl (C=O) groups excluding carboxylic acids is 1. The van der Waals surface area contributed by atoms with Gasteiger partial charge in [-0.3, -0.25) is 9.36 Å². The van der Waals surface area contributed by atoms with Crippen molar-refractivity contribution < 1.29 is 9.21 Å². The van der Waals surface area contributed by atoms with Crippen molar-refractivity contribution in [1.82, 2.24) is 4.57 Å². The second kappa shape index (κ2) is 6.11. The molecule has 1 aromatic heterocycles. The molecular weight excluding hydrogens is 282 g/mol. The van der Waals surface area contributed by atoms with Crippen LogP contribution in [0.25, 0.3) is 11.1 Å². The van der Waals surface area contributed by atoms with Gasteiger partial charge < -0.3 is 15.5 Å². The fourth-order valence-electron chi connectivity index (χ4n) is 1.70. The number of anilines is 1. The van der Waals surface area contributed by atoms with Gasteiger partial charge in [-0.15, -0.1) is 12.4 Å². The van der Waals surface area contributed by atoms with Crippen molar-refractivity contribution in [3.05, 3.63) is 28.7 Å². The van der Waals surface area contributed by atoms with Crippen LogP contribution in [0.15, 0.2) is 27.4 Å². The van der Waals surface area contributed by atoms with Crippen molar-refractivity contribution >= 4 is 35.1 Å². The highest BCUT2D eigenvalue weighted by molar-refractivity contribution is 5.94. The van der Waals surface area contributed by atoms with E-state index in [1.54, 1.807) is 39.1 Å². The number of nitrogens with two attached hydrogens (primary N) is 1. The lowest BCUT2D eigenvalue weighted by Crippen LogP contribution is -2.34. The summed E-state index contributed by atoms with van der Waals surface area (Å²) >= 11 is 0. The molecule has 2 aromatic rings. The number of hydrogen-bond donors (Lipinski definition) is 2. The van der Waals surface area contributed by atoms with Crippen LogP contribution in [0.5, 0.6) is 0 Å². The van der Waals surface area contributed by atoms with Crippen LogP contribution in [0.3, 0.4) is 0 Å². The van der Waals surface area contributed by atoms with Crippen LogP contribution in [0, 0.1) is 5.92 Å². The van der Waals surface area contributed by atoms with Gasteiger partial charge in [0.2, 0.25) is 5.91 Å². The van der Waals surface area contributed by atoms with Gasteiger partial charge in [-0.25, -0.2) is 4.79 Å². The molecule has 2 atom stereocenters. The van der Waals surface area contributed by atoms with Gasteiger partial charge in [-0.05, 0) is 25.1 Å². The van der Waals surface area contributed by atoms with Gasteiger partial charge in [0.15, 0.2) is 5.58 Å². The van der Waals surface area contributed by atoms with Gasteiger partial charge in [-0.2, -0.15) is 0 Å².